The van der Waals surface area contributed by atoms with Gasteiger partial charge in [0.2, 0.25) is 0 Å². The zero-order chi connectivity index (χ0) is 13.4. The molecule has 1 aromatic heterocycles. The van der Waals surface area contributed by atoms with E-state index in [2.05, 4.69) is 25.8 Å². The number of rotatable bonds is 6. The van der Waals surface area contributed by atoms with Gasteiger partial charge in [0.25, 0.3) is 0 Å². The molecule has 7 heteroatoms. The Kier molecular flexibility index (Phi) is 5.57. The van der Waals surface area contributed by atoms with Crippen molar-refractivity contribution >= 4 is 6.09 Å². The first-order chi connectivity index (χ1) is 8.47. The van der Waals surface area contributed by atoms with E-state index in [0.717, 1.165) is 18.8 Å². The van der Waals surface area contributed by atoms with Gasteiger partial charge in [-0.15, -0.1) is 0 Å². The summed E-state index contributed by atoms with van der Waals surface area (Å²) in [6.07, 6.45) is 1.88. The van der Waals surface area contributed by atoms with Gasteiger partial charge in [-0.1, -0.05) is 0 Å². The number of nitrogens with zero attached hydrogens (tertiary/aromatic N) is 2. The Labute approximate surface area is 107 Å². The van der Waals surface area contributed by atoms with Gasteiger partial charge in [0, 0.05) is 26.1 Å². The number of H-pyrrole nitrogens is 1. The number of aromatic nitrogens is 3. The van der Waals surface area contributed by atoms with Crippen LogP contribution in [0.25, 0.3) is 0 Å². The molecular weight excluding hydrogens is 234 g/mol. The normalized spacial score (nSPS) is 11.3. The van der Waals surface area contributed by atoms with Crippen LogP contribution < -0.4 is 10.6 Å². The predicted octanol–water partition coefficient (Wildman–Crippen LogP) is 0.462. The number of hydrogen-bond donors (Lipinski definition) is 3. The molecule has 3 N–H and O–H groups in total. The molecule has 0 saturated carbocycles. The van der Waals surface area contributed by atoms with E-state index < -0.39 is 5.60 Å². The highest BCUT2D eigenvalue weighted by atomic mass is 16.6. The molecule has 0 bridgehead atoms. The second-order valence-corrected chi connectivity index (χ2v) is 4.86. The maximum atomic E-state index is 11.3. The Balaban J connectivity index is 1.97. The highest BCUT2D eigenvalue weighted by Gasteiger charge is 2.15. The Hall–Kier alpha value is -1.63. The topological polar surface area (TPSA) is 91.9 Å². The van der Waals surface area contributed by atoms with Crippen molar-refractivity contribution < 1.29 is 9.53 Å². The standard InChI is InChI=1S/C11H21N5O2/c1-11(2,3)18-10(17)13-7-6-12-5-4-9-14-8-15-16-9/h8,12H,4-7H2,1-3H3,(H,13,17)(H,14,15,16). The summed E-state index contributed by atoms with van der Waals surface area (Å²) < 4.78 is 5.10. The molecule has 0 saturated heterocycles. The molecule has 102 valence electrons. The molecule has 18 heavy (non-hydrogen) atoms. The van der Waals surface area contributed by atoms with Crippen molar-refractivity contribution in [2.75, 3.05) is 19.6 Å². The summed E-state index contributed by atoms with van der Waals surface area (Å²) in [6, 6.07) is 0. The van der Waals surface area contributed by atoms with E-state index >= 15 is 0 Å². The number of carbonyl (C=O) groups is 1. The lowest BCUT2D eigenvalue weighted by atomic mass is 10.2. The SMILES string of the molecule is CC(C)(C)OC(=O)NCCNCCc1ncn[nH]1. The number of nitrogens with one attached hydrogen (secondary N) is 3. The minimum atomic E-state index is -0.455. The number of aromatic amines is 1. The van der Waals surface area contributed by atoms with Crippen molar-refractivity contribution in [3.8, 4) is 0 Å². The molecule has 0 atom stereocenters. The van der Waals surface area contributed by atoms with Gasteiger partial charge >= 0.3 is 6.09 Å². The monoisotopic (exact) mass is 255 g/mol. The second-order valence-electron chi connectivity index (χ2n) is 4.86. The van der Waals surface area contributed by atoms with Crippen LogP contribution in [-0.2, 0) is 11.2 Å². The molecule has 0 radical (unpaired) electrons. The summed E-state index contributed by atoms with van der Waals surface area (Å²) in [5.41, 5.74) is -0.455. The van der Waals surface area contributed by atoms with Gasteiger partial charge in [-0.25, -0.2) is 9.78 Å². The number of amides is 1. The molecule has 0 aliphatic heterocycles. The van der Waals surface area contributed by atoms with Crippen molar-refractivity contribution in [2.45, 2.75) is 32.8 Å². The second kappa shape index (κ2) is 6.95. The van der Waals surface area contributed by atoms with Gasteiger partial charge in [0.1, 0.15) is 17.8 Å². The van der Waals surface area contributed by atoms with E-state index in [1.807, 2.05) is 20.8 Å². The van der Waals surface area contributed by atoms with Crippen LogP contribution in [0.15, 0.2) is 6.33 Å². The van der Waals surface area contributed by atoms with Gasteiger partial charge in [-0.05, 0) is 20.8 Å². The summed E-state index contributed by atoms with van der Waals surface area (Å²) in [5, 5.41) is 12.4. The molecule has 0 aliphatic rings. The minimum absolute atomic E-state index is 0.389. The number of alkyl carbamates (subject to hydrolysis) is 1. The zero-order valence-corrected chi connectivity index (χ0v) is 11.1. The number of ether oxygens (including phenoxy) is 1. The Morgan fingerprint density at radius 1 is 1.39 bits per heavy atom. The lowest BCUT2D eigenvalue weighted by Crippen LogP contribution is -2.36. The number of hydrogen-bond acceptors (Lipinski definition) is 5. The molecule has 1 rings (SSSR count). The van der Waals surface area contributed by atoms with E-state index in [1.165, 1.54) is 6.33 Å². The molecule has 0 spiro atoms. The smallest absolute Gasteiger partial charge is 0.407 e. The molecule has 1 amide bonds. The van der Waals surface area contributed by atoms with Crippen molar-refractivity contribution in [2.24, 2.45) is 0 Å². The highest BCUT2D eigenvalue weighted by molar-refractivity contribution is 5.67. The van der Waals surface area contributed by atoms with Crippen molar-refractivity contribution in [1.29, 1.82) is 0 Å². The lowest BCUT2D eigenvalue weighted by Gasteiger charge is -2.19. The fraction of sp³-hybridized carbons (Fsp3) is 0.727. The van der Waals surface area contributed by atoms with Crippen LogP contribution in [0.5, 0.6) is 0 Å². The Morgan fingerprint density at radius 3 is 2.78 bits per heavy atom. The van der Waals surface area contributed by atoms with Crippen LogP contribution >= 0.6 is 0 Å². The summed E-state index contributed by atoms with van der Waals surface area (Å²) in [7, 11) is 0. The van der Waals surface area contributed by atoms with Gasteiger partial charge in [-0.2, -0.15) is 5.10 Å². The van der Waals surface area contributed by atoms with Crippen molar-refractivity contribution in [3.63, 3.8) is 0 Å². The third kappa shape index (κ3) is 6.85. The largest absolute Gasteiger partial charge is 0.444 e. The first kappa shape index (κ1) is 14.4. The Bertz CT molecular complexity index is 345. The third-order valence-corrected chi connectivity index (χ3v) is 1.97. The van der Waals surface area contributed by atoms with Crippen molar-refractivity contribution in [1.82, 2.24) is 25.8 Å². The molecule has 1 aromatic rings. The molecular formula is C11H21N5O2. The minimum Gasteiger partial charge on any atom is -0.444 e. The zero-order valence-electron chi connectivity index (χ0n) is 11.1. The average Bonchev–Trinajstić information content (AvgIpc) is 2.73. The fourth-order valence-electron chi connectivity index (χ4n) is 1.25. The van der Waals surface area contributed by atoms with Gasteiger partial charge in [-0.3, -0.25) is 5.10 Å². The first-order valence-corrected chi connectivity index (χ1v) is 5.99. The van der Waals surface area contributed by atoms with Gasteiger partial charge < -0.3 is 15.4 Å². The maximum absolute atomic E-state index is 11.3. The average molecular weight is 255 g/mol. The van der Waals surface area contributed by atoms with E-state index in [9.17, 15) is 4.79 Å². The first-order valence-electron chi connectivity index (χ1n) is 5.99. The highest BCUT2D eigenvalue weighted by Crippen LogP contribution is 2.05. The maximum Gasteiger partial charge on any atom is 0.407 e. The summed E-state index contributed by atoms with van der Waals surface area (Å²) in [4.78, 5) is 15.3. The van der Waals surface area contributed by atoms with Crippen LogP contribution in [0, 0.1) is 0 Å². The van der Waals surface area contributed by atoms with E-state index in [1.54, 1.807) is 0 Å². The number of carbonyl (C=O) groups excluding carboxylic acids is 1. The lowest BCUT2D eigenvalue weighted by molar-refractivity contribution is 0.0528. The van der Waals surface area contributed by atoms with Crippen LogP contribution in [0.3, 0.4) is 0 Å². The quantitative estimate of drug-likeness (QED) is 0.642. The van der Waals surface area contributed by atoms with E-state index in [-0.39, 0.29) is 6.09 Å². The van der Waals surface area contributed by atoms with Crippen LogP contribution in [0.4, 0.5) is 4.79 Å². The third-order valence-electron chi connectivity index (χ3n) is 1.97. The molecule has 0 unspecified atom stereocenters. The predicted molar refractivity (Wildman–Crippen MR) is 67.2 cm³/mol. The molecule has 1 heterocycles. The summed E-state index contributed by atoms with van der Waals surface area (Å²) in [6.45, 7) is 7.51. The van der Waals surface area contributed by atoms with Gasteiger partial charge in [0.05, 0.1) is 0 Å². The van der Waals surface area contributed by atoms with E-state index in [4.69, 9.17) is 4.74 Å². The summed E-state index contributed by atoms with van der Waals surface area (Å²) >= 11 is 0. The summed E-state index contributed by atoms with van der Waals surface area (Å²) in [5.74, 6) is 0.850. The van der Waals surface area contributed by atoms with Crippen LogP contribution in [-0.4, -0.2) is 46.5 Å². The van der Waals surface area contributed by atoms with Crippen LogP contribution in [0.2, 0.25) is 0 Å². The fourth-order valence-corrected chi connectivity index (χ4v) is 1.25. The molecule has 7 nitrogen and oxygen atoms in total. The van der Waals surface area contributed by atoms with Gasteiger partial charge in [0.15, 0.2) is 0 Å². The Morgan fingerprint density at radius 2 is 2.17 bits per heavy atom. The molecule has 0 aromatic carbocycles. The molecule has 0 aliphatic carbocycles. The van der Waals surface area contributed by atoms with Crippen molar-refractivity contribution in [3.05, 3.63) is 12.2 Å². The van der Waals surface area contributed by atoms with Crippen LogP contribution in [0.1, 0.15) is 26.6 Å². The van der Waals surface area contributed by atoms with E-state index in [0.29, 0.717) is 13.1 Å². The molecule has 0 fully saturated rings.